The second-order valence-corrected chi connectivity index (χ2v) is 4.86. The summed E-state index contributed by atoms with van der Waals surface area (Å²) in [5.41, 5.74) is 0.700. The first-order valence-corrected chi connectivity index (χ1v) is 6.80. The van der Waals surface area contributed by atoms with Gasteiger partial charge in [-0.2, -0.15) is 0 Å². The number of carbonyl (C=O) groups is 2. The zero-order valence-electron chi connectivity index (χ0n) is 11.1. The number of ketones is 2. The molecule has 1 aliphatic rings. The average molecular weight is 303 g/mol. The van der Waals surface area contributed by atoms with Gasteiger partial charge in [0.25, 0.3) is 0 Å². The molecule has 0 unspecified atom stereocenters. The summed E-state index contributed by atoms with van der Waals surface area (Å²) < 4.78 is 5.28. The van der Waals surface area contributed by atoms with E-state index in [0.717, 1.165) is 0 Å². The Bertz CT molecular complexity index is 762. The number of hydrogen-bond acceptors (Lipinski definition) is 5. The van der Waals surface area contributed by atoms with E-state index < -0.39 is 11.6 Å². The minimum Gasteiger partial charge on any atom is -0.436 e. The summed E-state index contributed by atoms with van der Waals surface area (Å²) in [5.74, 6) is -0.716. The van der Waals surface area contributed by atoms with E-state index in [4.69, 9.17) is 16.0 Å². The van der Waals surface area contributed by atoms with Gasteiger partial charge in [-0.1, -0.05) is 36.7 Å². The van der Waals surface area contributed by atoms with E-state index in [9.17, 15) is 9.59 Å². The molecule has 0 atom stereocenters. The second kappa shape index (κ2) is 5.18. The van der Waals surface area contributed by atoms with E-state index in [1.165, 1.54) is 0 Å². The Morgan fingerprint density at radius 1 is 1.19 bits per heavy atom. The molecule has 1 heterocycles. The summed E-state index contributed by atoms with van der Waals surface area (Å²) in [6.45, 7) is 1.82. The zero-order chi connectivity index (χ0) is 15.0. The minimum absolute atomic E-state index is 0.0136. The molecule has 0 aliphatic heterocycles. The lowest BCUT2D eigenvalue weighted by molar-refractivity contribution is 0.0961. The standard InChI is InChI=1S/C15H11ClN2O3/c1-2-9-18-12-14(20)11(10(16)13(19)15(12)21-9)17-8-6-4-3-5-7-8/h3-7,17H,2H2,1H3. The van der Waals surface area contributed by atoms with Crippen molar-refractivity contribution in [1.82, 2.24) is 4.98 Å². The Morgan fingerprint density at radius 2 is 1.90 bits per heavy atom. The molecule has 0 saturated heterocycles. The number of hydrogen-bond donors (Lipinski definition) is 1. The number of Topliss-reactive ketones (excluding diaryl/α,β-unsaturated/α-hetero) is 2. The van der Waals surface area contributed by atoms with Gasteiger partial charge in [-0.15, -0.1) is 0 Å². The van der Waals surface area contributed by atoms with Crippen LogP contribution in [0.5, 0.6) is 0 Å². The van der Waals surface area contributed by atoms with E-state index in [-0.39, 0.29) is 22.2 Å². The normalized spacial score (nSPS) is 14.4. The van der Waals surface area contributed by atoms with Gasteiger partial charge < -0.3 is 9.73 Å². The van der Waals surface area contributed by atoms with Crippen molar-refractivity contribution in [3.63, 3.8) is 0 Å². The number of aryl methyl sites for hydroxylation is 1. The number of nitrogens with zero attached hydrogens (tertiary/aromatic N) is 1. The van der Waals surface area contributed by atoms with Crippen LogP contribution < -0.4 is 5.32 Å². The predicted molar refractivity (Wildman–Crippen MR) is 77.5 cm³/mol. The van der Waals surface area contributed by atoms with Crippen LogP contribution in [0.25, 0.3) is 0 Å². The van der Waals surface area contributed by atoms with Crippen molar-refractivity contribution in [3.05, 3.63) is 58.4 Å². The molecule has 0 saturated carbocycles. The predicted octanol–water partition coefficient (Wildman–Crippen LogP) is 3.18. The van der Waals surface area contributed by atoms with E-state index >= 15 is 0 Å². The summed E-state index contributed by atoms with van der Waals surface area (Å²) in [5, 5.41) is 2.69. The molecule has 6 heteroatoms. The Balaban J connectivity index is 2.03. The molecule has 2 aromatic rings. The summed E-state index contributed by atoms with van der Waals surface area (Å²) in [6, 6.07) is 9.00. The maximum Gasteiger partial charge on any atom is 0.244 e. The molecule has 3 rings (SSSR count). The minimum atomic E-state index is -0.531. The van der Waals surface area contributed by atoms with Gasteiger partial charge in [-0.25, -0.2) is 4.98 Å². The van der Waals surface area contributed by atoms with Crippen LogP contribution in [0.2, 0.25) is 0 Å². The van der Waals surface area contributed by atoms with Crippen molar-refractivity contribution in [2.75, 3.05) is 5.32 Å². The highest BCUT2D eigenvalue weighted by Crippen LogP contribution is 2.29. The molecule has 0 bridgehead atoms. The SMILES string of the molecule is CCc1nc2c(o1)C(=O)C(Cl)=C(Nc1ccccc1)C2=O. The first kappa shape index (κ1) is 13.6. The Kier molecular flexibility index (Phi) is 3.35. The van der Waals surface area contributed by atoms with Gasteiger partial charge in [-0.05, 0) is 12.1 Å². The molecule has 0 fully saturated rings. The van der Waals surface area contributed by atoms with Crippen LogP contribution in [0.3, 0.4) is 0 Å². The highest BCUT2D eigenvalue weighted by molar-refractivity contribution is 6.49. The highest BCUT2D eigenvalue weighted by Gasteiger charge is 2.36. The van der Waals surface area contributed by atoms with E-state index in [1.54, 1.807) is 12.1 Å². The van der Waals surface area contributed by atoms with Crippen LogP contribution in [0.15, 0.2) is 45.5 Å². The third-order valence-corrected chi connectivity index (χ3v) is 3.44. The van der Waals surface area contributed by atoms with Crippen molar-refractivity contribution in [2.24, 2.45) is 0 Å². The van der Waals surface area contributed by atoms with Gasteiger partial charge in [0.2, 0.25) is 17.3 Å². The fraction of sp³-hybridized carbons (Fsp3) is 0.133. The van der Waals surface area contributed by atoms with Crippen LogP contribution in [-0.2, 0) is 6.42 Å². The van der Waals surface area contributed by atoms with Crippen LogP contribution in [0.1, 0.15) is 33.9 Å². The number of halogens is 1. The molecule has 0 radical (unpaired) electrons. The number of benzene rings is 1. The van der Waals surface area contributed by atoms with Gasteiger partial charge in [-0.3, -0.25) is 9.59 Å². The molecule has 21 heavy (non-hydrogen) atoms. The maximum atomic E-state index is 12.4. The number of oxazole rings is 1. The lowest BCUT2D eigenvalue weighted by atomic mass is 10.0. The first-order valence-electron chi connectivity index (χ1n) is 6.42. The summed E-state index contributed by atoms with van der Waals surface area (Å²) in [4.78, 5) is 28.7. The number of fused-ring (bicyclic) bond motifs is 1. The van der Waals surface area contributed by atoms with Crippen LogP contribution >= 0.6 is 11.6 Å². The van der Waals surface area contributed by atoms with Crippen molar-refractivity contribution >= 4 is 28.9 Å². The highest BCUT2D eigenvalue weighted by atomic mass is 35.5. The third kappa shape index (κ3) is 2.25. The van der Waals surface area contributed by atoms with Crippen LogP contribution in [0.4, 0.5) is 5.69 Å². The smallest absolute Gasteiger partial charge is 0.244 e. The number of carbonyl (C=O) groups excluding carboxylic acids is 2. The molecule has 1 aromatic heterocycles. The van der Waals surface area contributed by atoms with E-state index in [2.05, 4.69) is 10.3 Å². The average Bonchev–Trinajstić information content (AvgIpc) is 2.95. The van der Waals surface area contributed by atoms with Crippen molar-refractivity contribution in [1.29, 1.82) is 0 Å². The molecule has 0 spiro atoms. The van der Waals surface area contributed by atoms with E-state index in [1.807, 2.05) is 25.1 Å². The van der Waals surface area contributed by atoms with Gasteiger partial charge in [0.1, 0.15) is 10.7 Å². The van der Waals surface area contributed by atoms with Crippen molar-refractivity contribution < 1.29 is 14.0 Å². The molecule has 1 aliphatic carbocycles. The van der Waals surface area contributed by atoms with Crippen LogP contribution in [-0.4, -0.2) is 16.6 Å². The Morgan fingerprint density at radius 3 is 2.57 bits per heavy atom. The van der Waals surface area contributed by atoms with Crippen LogP contribution in [0, 0.1) is 0 Å². The van der Waals surface area contributed by atoms with Gasteiger partial charge in [0.05, 0.1) is 0 Å². The van der Waals surface area contributed by atoms with Crippen molar-refractivity contribution in [2.45, 2.75) is 13.3 Å². The lowest BCUT2D eigenvalue weighted by Crippen LogP contribution is -2.23. The lowest BCUT2D eigenvalue weighted by Gasteiger charge is -2.14. The second-order valence-electron chi connectivity index (χ2n) is 4.48. The molecule has 0 amide bonds. The monoisotopic (exact) mass is 302 g/mol. The molecular weight excluding hydrogens is 292 g/mol. The summed E-state index contributed by atoms with van der Waals surface area (Å²) in [6.07, 6.45) is 0.493. The number of nitrogens with one attached hydrogen (secondary N) is 1. The number of aromatic nitrogens is 1. The van der Waals surface area contributed by atoms with Crippen molar-refractivity contribution in [3.8, 4) is 0 Å². The number of anilines is 1. The van der Waals surface area contributed by atoms with Gasteiger partial charge in [0.15, 0.2) is 11.6 Å². The summed E-state index contributed by atoms with van der Waals surface area (Å²) in [7, 11) is 0. The molecule has 1 aromatic carbocycles. The molecule has 5 nitrogen and oxygen atoms in total. The number of para-hydroxylation sites is 1. The molecular formula is C15H11ClN2O3. The fourth-order valence-electron chi connectivity index (χ4n) is 2.03. The third-order valence-electron chi connectivity index (χ3n) is 3.08. The molecule has 106 valence electrons. The van der Waals surface area contributed by atoms with E-state index in [0.29, 0.717) is 18.0 Å². The first-order chi connectivity index (χ1) is 10.1. The van der Waals surface area contributed by atoms with Gasteiger partial charge >= 0.3 is 0 Å². The fourth-order valence-corrected chi connectivity index (χ4v) is 2.25. The quantitative estimate of drug-likeness (QED) is 0.942. The Hall–Kier alpha value is -2.40. The topological polar surface area (TPSA) is 72.2 Å². The number of rotatable bonds is 3. The van der Waals surface area contributed by atoms with Gasteiger partial charge in [0, 0.05) is 12.1 Å². The zero-order valence-corrected chi connectivity index (χ0v) is 11.9. The Labute approximate surface area is 125 Å². The largest absolute Gasteiger partial charge is 0.436 e. The maximum absolute atomic E-state index is 12.4. The number of allylic oxidation sites excluding steroid dienone is 2. The molecule has 1 N–H and O–H groups in total. The summed E-state index contributed by atoms with van der Waals surface area (Å²) >= 11 is 6.02.